The van der Waals surface area contributed by atoms with Crippen LogP contribution < -0.4 is 0 Å². The van der Waals surface area contributed by atoms with Gasteiger partial charge in [-0.3, -0.25) is 0 Å². The van der Waals surface area contributed by atoms with Gasteiger partial charge in [-0.05, 0) is 44.2 Å². The van der Waals surface area contributed by atoms with E-state index in [0.29, 0.717) is 0 Å². The van der Waals surface area contributed by atoms with Crippen LogP contribution in [0.1, 0.15) is 42.6 Å². The van der Waals surface area contributed by atoms with E-state index in [0.717, 1.165) is 0 Å². The third-order valence-corrected chi connectivity index (χ3v) is 2.75. The standard InChI is InChI=1S/C11H17N/c1-9-8-10-6-4-2-3-5-7-11(10)12-9/h8,12H,2-7H2,1H3. The molecule has 1 aliphatic carbocycles. The van der Waals surface area contributed by atoms with Crippen LogP contribution >= 0.6 is 0 Å². The molecule has 2 rings (SSSR count). The molecule has 0 saturated heterocycles. The maximum Gasteiger partial charge on any atom is 0.0181 e. The Hall–Kier alpha value is -0.720. The van der Waals surface area contributed by atoms with Gasteiger partial charge in [-0.1, -0.05) is 12.8 Å². The summed E-state index contributed by atoms with van der Waals surface area (Å²) in [5, 5.41) is 0. The first kappa shape index (κ1) is 7.90. The summed E-state index contributed by atoms with van der Waals surface area (Å²) in [4.78, 5) is 3.46. The van der Waals surface area contributed by atoms with E-state index >= 15 is 0 Å². The topological polar surface area (TPSA) is 15.8 Å². The third-order valence-electron chi connectivity index (χ3n) is 2.75. The Labute approximate surface area is 74.2 Å². The highest BCUT2D eigenvalue weighted by Gasteiger charge is 2.08. The van der Waals surface area contributed by atoms with Crippen molar-refractivity contribution in [1.82, 2.24) is 4.98 Å². The number of aryl methyl sites for hydroxylation is 3. The SMILES string of the molecule is Cc1cc2c([nH]1)CCCCCC2. The lowest BCUT2D eigenvalue weighted by Crippen LogP contribution is -1.97. The van der Waals surface area contributed by atoms with Crippen molar-refractivity contribution in [2.45, 2.75) is 45.4 Å². The van der Waals surface area contributed by atoms with Crippen molar-refractivity contribution in [3.63, 3.8) is 0 Å². The van der Waals surface area contributed by atoms with Crippen molar-refractivity contribution < 1.29 is 0 Å². The highest BCUT2D eigenvalue weighted by atomic mass is 14.7. The Bertz CT molecular complexity index is 234. The lowest BCUT2D eigenvalue weighted by Gasteiger charge is -2.08. The molecular weight excluding hydrogens is 146 g/mol. The molecule has 0 aromatic carbocycles. The van der Waals surface area contributed by atoms with Gasteiger partial charge in [0.25, 0.3) is 0 Å². The molecule has 1 heterocycles. The summed E-state index contributed by atoms with van der Waals surface area (Å²) >= 11 is 0. The molecule has 0 bridgehead atoms. The molecule has 1 aromatic heterocycles. The minimum absolute atomic E-state index is 1.27. The second-order valence-corrected chi connectivity index (χ2v) is 3.87. The molecule has 1 aliphatic rings. The van der Waals surface area contributed by atoms with Crippen LogP contribution in [0.25, 0.3) is 0 Å². The van der Waals surface area contributed by atoms with Gasteiger partial charge in [-0.15, -0.1) is 0 Å². The van der Waals surface area contributed by atoms with Gasteiger partial charge in [0, 0.05) is 11.4 Å². The van der Waals surface area contributed by atoms with E-state index in [9.17, 15) is 0 Å². The normalized spacial score (nSPS) is 18.1. The largest absolute Gasteiger partial charge is 0.362 e. The lowest BCUT2D eigenvalue weighted by molar-refractivity contribution is 0.613. The Morgan fingerprint density at radius 2 is 1.83 bits per heavy atom. The highest BCUT2D eigenvalue weighted by molar-refractivity contribution is 5.26. The number of hydrogen-bond donors (Lipinski definition) is 1. The number of H-pyrrole nitrogens is 1. The molecule has 1 heteroatoms. The van der Waals surface area contributed by atoms with Gasteiger partial charge in [0.15, 0.2) is 0 Å². The zero-order chi connectivity index (χ0) is 8.39. The first-order valence-electron chi connectivity index (χ1n) is 5.03. The van der Waals surface area contributed by atoms with Crippen molar-refractivity contribution in [2.75, 3.05) is 0 Å². The predicted molar refractivity (Wildman–Crippen MR) is 51.4 cm³/mol. The van der Waals surface area contributed by atoms with Gasteiger partial charge < -0.3 is 4.98 Å². The smallest absolute Gasteiger partial charge is 0.0181 e. The predicted octanol–water partition coefficient (Wildman–Crippen LogP) is 2.98. The minimum Gasteiger partial charge on any atom is -0.362 e. The van der Waals surface area contributed by atoms with Gasteiger partial charge in [0.1, 0.15) is 0 Å². The molecule has 1 N–H and O–H groups in total. The second-order valence-electron chi connectivity index (χ2n) is 3.87. The summed E-state index contributed by atoms with van der Waals surface area (Å²) in [6.45, 7) is 2.16. The summed E-state index contributed by atoms with van der Waals surface area (Å²) < 4.78 is 0. The van der Waals surface area contributed by atoms with Gasteiger partial charge in [-0.25, -0.2) is 0 Å². The van der Waals surface area contributed by atoms with E-state index in [1.807, 2.05) is 0 Å². The van der Waals surface area contributed by atoms with Crippen LogP contribution in [0.3, 0.4) is 0 Å². The Morgan fingerprint density at radius 3 is 2.67 bits per heavy atom. The molecule has 66 valence electrons. The van der Waals surface area contributed by atoms with E-state index in [1.165, 1.54) is 49.9 Å². The van der Waals surface area contributed by atoms with Gasteiger partial charge in [-0.2, -0.15) is 0 Å². The fourth-order valence-corrected chi connectivity index (χ4v) is 2.12. The van der Waals surface area contributed by atoms with Gasteiger partial charge in [0.2, 0.25) is 0 Å². The molecule has 0 radical (unpaired) electrons. The average Bonchev–Trinajstić information content (AvgIpc) is 2.32. The number of aromatic amines is 1. The number of fused-ring (bicyclic) bond motifs is 1. The fourth-order valence-electron chi connectivity index (χ4n) is 2.12. The number of rotatable bonds is 0. The van der Waals surface area contributed by atoms with Crippen LogP contribution in [0.15, 0.2) is 6.07 Å². The van der Waals surface area contributed by atoms with Crippen LogP contribution in [0.4, 0.5) is 0 Å². The van der Waals surface area contributed by atoms with Crippen LogP contribution in [0, 0.1) is 6.92 Å². The van der Waals surface area contributed by atoms with E-state index in [2.05, 4.69) is 18.0 Å². The Kier molecular flexibility index (Phi) is 2.20. The highest BCUT2D eigenvalue weighted by Crippen LogP contribution is 2.20. The zero-order valence-electron chi connectivity index (χ0n) is 7.82. The molecule has 1 nitrogen and oxygen atoms in total. The second kappa shape index (κ2) is 3.34. The van der Waals surface area contributed by atoms with Gasteiger partial charge in [0.05, 0.1) is 0 Å². The molecule has 0 unspecified atom stereocenters. The zero-order valence-corrected chi connectivity index (χ0v) is 7.82. The summed E-state index contributed by atoms with van der Waals surface area (Å²) in [6.07, 6.45) is 8.14. The first-order chi connectivity index (χ1) is 5.86. The molecule has 0 spiro atoms. The summed E-state index contributed by atoms with van der Waals surface area (Å²) in [5.74, 6) is 0. The minimum atomic E-state index is 1.27. The lowest BCUT2D eigenvalue weighted by atomic mass is 9.99. The van der Waals surface area contributed by atoms with Crippen LogP contribution in [0.2, 0.25) is 0 Å². The fraction of sp³-hybridized carbons (Fsp3) is 0.636. The molecule has 1 aromatic rings. The van der Waals surface area contributed by atoms with Crippen LogP contribution in [-0.2, 0) is 12.8 Å². The Morgan fingerprint density at radius 1 is 1.08 bits per heavy atom. The van der Waals surface area contributed by atoms with Crippen molar-refractivity contribution in [1.29, 1.82) is 0 Å². The van der Waals surface area contributed by atoms with E-state index in [-0.39, 0.29) is 0 Å². The molecule has 0 saturated carbocycles. The van der Waals surface area contributed by atoms with Crippen LogP contribution in [0.5, 0.6) is 0 Å². The molecule has 0 fully saturated rings. The molecule has 0 atom stereocenters. The number of hydrogen-bond acceptors (Lipinski definition) is 0. The number of aromatic nitrogens is 1. The van der Waals surface area contributed by atoms with Crippen molar-refractivity contribution in [3.8, 4) is 0 Å². The summed E-state index contributed by atoms with van der Waals surface area (Å²) in [7, 11) is 0. The maximum absolute atomic E-state index is 3.46. The molecule has 0 aliphatic heterocycles. The Balaban J connectivity index is 2.23. The van der Waals surface area contributed by atoms with E-state index < -0.39 is 0 Å². The summed E-state index contributed by atoms with van der Waals surface area (Å²) in [6, 6.07) is 2.32. The van der Waals surface area contributed by atoms with Gasteiger partial charge >= 0.3 is 0 Å². The first-order valence-corrected chi connectivity index (χ1v) is 5.03. The summed E-state index contributed by atoms with van der Waals surface area (Å²) in [5.41, 5.74) is 4.42. The van der Waals surface area contributed by atoms with Crippen LogP contribution in [-0.4, -0.2) is 4.98 Å². The monoisotopic (exact) mass is 163 g/mol. The van der Waals surface area contributed by atoms with E-state index in [1.54, 1.807) is 5.56 Å². The van der Waals surface area contributed by atoms with Crippen molar-refractivity contribution in [3.05, 3.63) is 23.0 Å². The van der Waals surface area contributed by atoms with Crippen molar-refractivity contribution >= 4 is 0 Å². The molecule has 12 heavy (non-hydrogen) atoms. The maximum atomic E-state index is 3.46. The van der Waals surface area contributed by atoms with Crippen molar-refractivity contribution in [2.24, 2.45) is 0 Å². The average molecular weight is 163 g/mol. The van der Waals surface area contributed by atoms with E-state index in [4.69, 9.17) is 0 Å². The molecule has 0 amide bonds. The third kappa shape index (κ3) is 1.55. The number of nitrogens with one attached hydrogen (secondary N) is 1. The molecular formula is C11H17N. The quantitative estimate of drug-likeness (QED) is 0.605.